The van der Waals surface area contributed by atoms with Crippen LogP contribution in [0.25, 0.3) is 0 Å². The van der Waals surface area contributed by atoms with Crippen LogP contribution < -0.4 is 5.32 Å². The summed E-state index contributed by atoms with van der Waals surface area (Å²) in [5, 5.41) is 2.39. The van der Waals surface area contributed by atoms with Crippen molar-refractivity contribution < 1.29 is 18.7 Å². The number of esters is 1. The monoisotopic (exact) mass is 309 g/mol. The van der Waals surface area contributed by atoms with Gasteiger partial charge in [0, 0.05) is 19.7 Å². The molecule has 1 heterocycles. The lowest BCUT2D eigenvalue weighted by molar-refractivity contribution is -0.144. The predicted molar refractivity (Wildman–Crippen MR) is 77.4 cm³/mol. The van der Waals surface area contributed by atoms with Crippen molar-refractivity contribution >= 4 is 11.9 Å². The van der Waals surface area contributed by atoms with Gasteiger partial charge in [-0.1, -0.05) is 0 Å². The van der Waals surface area contributed by atoms with Crippen molar-refractivity contribution in [3.8, 4) is 0 Å². The molecule has 0 aliphatic heterocycles. The molecule has 1 fully saturated rings. The van der Waals surface area contributed by atoms with Crippen LogP contribution in [0.2, 0.25) is 0 Å². The SMILES string of the molecule is COC(=O)[C@H](Cc1cn(C)cn1)NC(=O)C(F)=C(C)C1CC1. The maximum absolute atomic E-state index is 14.0. The number of nitrogens with one attached hydrogen (secondary N) is 1. The molecule has 0 radical (unpaired) electrons. The van der Waals surface area contributed by atoms with Gasteiger partial charge < -0.3 is 14.6 Å². The van der Waals surface area contributed by atoms with Crippen LogP contribution in [0.3, 0.4) is 0 Å². The second-order valence-electron chi connectivity index (χ2n) is 5.56. The summed E-state index contributed by atoms with van der Waals surface area (Å²) in [7, 11) is 3.02. The van der Waals surface area contributed by atoms with E-state index in [0.717, 1.165) is 12.8 Å². The summed E-state index contributed by atoms with van der Waals surface area (Å²) < 4.78 is 20.4. The largest absolute Gasteiger partial charge is 0.467 e. The van der Waals surface area contributed by atoms with Crippen LogP contribution in [0.1, 0.15) is 25.5 Å². The fourth-order valence-corrected chi connectivity index (χ4v) is 2.21. The van der Waals surface area contributed by atoms with Gasteiger partial charge >= 0.3 is 5.97 Å². The van der Waals surface area contributed by atoms with E-state index in [-0.39, 0.29) is 12.3 Å². The standard InChI is InChI=1S/C15H20FN3O3/c1-9(10-4-5-10)13(16)14(20)18-12(15(21)22-3)6-11-7-19(2)8-17-11/h7-8,10,12H,4-6H2,1-3H3,(H,18,20)/t12-/m0/s1. The van der Waals surface area contributed by atoms with Gasteiger partial charge in [-0.2, -0.15) is 0 Å². The fourth-order valence-electron chi connectivity index (χ4n) is 2.21. The number of rotatable bonds is 6. The molecule has 1 aliphatic rings. The van der Waals surface area contributed by atoms with E-state index in [9.17, 15) is 14.0 Å². The molecule has 1 N–H and O–H groups in total. The highest BCUT2D eigenvalue weighted by atomic mass is 19.1. The molecule has 22 heavy (non-hydrogen) atoms. The zero-order valence-electron chi connectivity index (χ0n) is 12.9. The highest BCUT2D eigenvalue weighted by Gasteiger charge is 2.30. The van der Waals surface area contributed by atoms with E-state index >= 15 is 0 Å². The number of imidazole rings is 1. The van der Waals surface area contributed by atoms with Crippen LogP contribution in [-0.2, 0) is 27.8 Å². The molecule has 1 aromatic rings. The van der Waals surface area contributed by atoms with E-state index in [0.29, 0.717) is 11.3 Å². The summed E-state index contributed by atoms with van der Waals surface area (Å²) in [4.78, 5) is 27.8. The summed E-state index contributed by atoms with van der Waals surface area (Å²) >= 11 is 0. The van der Waals surface area contributed by atoms with Gasteiger partial charge in [0.05, 0.1) is 19.1 Å². The quantitative estimate of drug-likeness (QED) is 0.634. The van der Waals surface area contributed by atoms with Crippen molar-refractivity contribution in [3.63, 3.8) is 0 Å². The van der Waals surface area contributed by atoms with Crippen molar-refractivity contribution in [2.24, 2.45) is 13.0 Å². The summed E-state index contributed by atoms with van der Waals surface area (Å²) in [6, 6.07) is -0.967. The van der Waals surface area contributed by atoms with Crippen molar-refractivity contribution in [2.45, 2.75) is 32.2 Å². The minimum absolute atomic E-state index is 0.148. The van der Waals surface area contributed by atoms with E-state index < -0.39 is 23.7 Å². The van der Waals surface area contributed by atoms with E-state index in [1.807, 2.05) is 0 Å². The van der Waals surface area contributed by atoms with Crippen molar-refractivity contribution in [1.29, 1.82) is 0 Å². The molecule has 0 saturated heterocycles. The molecule has 0 bridgehead atoms. The van der Waals surface area contributed by atoms with Gasteiger partial charge in [-0.25, -0.2) is 14.2 Å². The Morgan fingerprint density at radius 1 is 1.55 bits per heavy atom. The van der Waals surface area contributed by atoms with Crippen molar-refractivity contribution in [3.05, 3.63) is 29.6 Å². The van der Waals surface area contributed by atoms with Gasteiger partial charge in [0.2, 0.25) is 0 Å². The first-order chi connectivity index (χ1) is 10.4. The molecule has 1 amide bonds. The number of aromatic nitrogens is 2. The molecule has 1 atom stereocenters. The van der Waals surface area contributed by atoms with Crippen LogP contribution in [0.5, 0.6) is 0 Å². The molecular formula is C15H20FN3O3. The summed E-state index contributed by atoms with van der Waals surface area (Å²) in [5.41, 5.74) is 1.06. The van der Waals surface area contributed by atoms with Crippen LogP contribution in [0.15, 0.2) is 23.9 Å². The Morgan fingerprint density at radius 3 is 2.73 bits per heavy atom. The van der Waals surface area contributed by atoms with Crippen LogP contribution in [-0.4, -0.2) is 34.6 Å². The topological polar surface area (TPSA) is 73.2 Å². The normalized spacial score (nSPS) is 16.7. The Labute approximate surface area is 128 Å². The minimum Gasteiger partial charge on any atom is -0.467 e. The smallest absolute Gasteiger partial charge is 0.328 e. The van der Waals surface area contributed by atoms with E-state index in [2.05, 4.69) is 15.0 Å². The predicted octanol–water partition coefficient (Wildman–Crippen LogP) is 1.27. The number of amides is 1. The van der Waals surface area contributed by atoms with Gasteiger partial charge in [-0.15, -0.1) is 0 Å². The Kier molecular flexibility index (Phi) is 4.95. The third-order valence-electron chi connectivity index (χ3n) is 3.70. The molecule has 1 aromatic heterocycles. The number of allylic oxidation sites excluding steroid dienone is 1. The number of aryl methyl sites for hydroxylation is 1. The zero-order chi connectivity index (χ0) is 16.3. The van der Waals surface area contributed by atoms with Gasteiger partial charge in [0.25, 0.3) is 5.91 Å². The van der Waals surface area contributed by atoms with Crippen molar-refractivity contribution in [1.82, 2.24) is 14.9 Å². The number of halogens is 1. The second-order valence-corrected chi connectivity index (χ2v) is 5.56. The molecule has 0 unspecified atom stereocenters. The Hall–Kier alpha value is -2.18. The molecule has 120 valence electrons. The highest BCUT2D eigenvalue weighted by molar-refractivity contribution is 5.95. The van der Waals surface area contributed by atoms with Gasteiger partial charge in [0.15, 0.2) is 5.83 Å². The number of methoxy groups -OCH3 is 1. The maximum atomic E-state index is 14.0. The summed E-state index contributed by atoms with van der Waals surface area (Å²) in [6.45, 7) is 1.61. The molecule has 6 nitrogen and oxygen atoms in total. The van der Waals surface area contributed by atoms with Crippen LogP contribution in [0.4, 0.5) is 4.39 Å². The fraction of sp³-hybridized carbons (Fsp3) is 0.533. The minimum atomic E-state index is -0.967. The first kappa shape index (κ1) is 16.2. The highest BCUT2D eigenvalue weighted by Crippen LogP contribution is 2.37. The van der Waals surface area contributed by atoms with Crippen LogP contribution >= 0.6 is 0 Å². The van der Waals surface area contributed by atoms with E-state index in [4.69, 9.17) is 0 Å². The average Bonchev–Trinajstić information content (AvgIpc) is 3.27. The van der Waals surface area contributed by atoms with Gasteiger partial charge in [-0.05, 0) is 31.3 Å². The molecule has 1 aliphatic carbocycles. The lowest BCUT2D eigenvalue weighted by atomic mass is 10.1. The Bertz CT molecular complexity index is 605. The number of carbonyl (C=O) groups excluding carboxylic acids is 2. The molecule has 1 saturated carbocycles. The molecule has 7 heteroatoms. The number of hydrogen-bond donors (Lipinski definition) is 1. The van der Waals surface area contributed by atoms with Gasteiger partial charge in [-0.3, -0.25) is 4.79 Å². The van der Waals surface area contributed by atoms with E-state index in [1.165, 1.54) is 7.11 Å². The lowest BCUT2D eigenvalue weighted by Crippen LogP contribution is -2.43. The molecule has 0 spiro atoms. The summed E-state index contributed by atoms with van der Waals surface area (Å²) in [5.74, 6) is -2.16. The molecule has 0 aromatic carbocycles. The van der Waals surface area contributed by atoms with E-state index in [1.54, 1.807) is 31.1 Å². The number of nitrogens with zero attached hydrogens (tertiary/aromatic N) is 2. The number of hydrogen-bond acceptors (Lipinski definition) is 4. The second kappa shape index (κ2) is 6.72. The van der Waals surface area contributed by atoms with Crippen molar-refractivity contribution in [2.75, 3.05) is 7.11 Å². The third kappa shape index (κ3) is 3.93. The first-order valence-corrected chi connectivity index (χ1v) is 7.14. The zero-order valence-corrected chi connectivity index (χ0v) is 12.9. The first-order valence-electron chi connectivity index (χ1n) is 7.14. The molecule has 2 rings (SSSR count). The maximum Gasteiger partial charge on any atom is 0.328 e. The third-order valence-corrected chi connectivity index (χ3v) is 3.70. The number of carbonyl (C=O) groups is 2. The average molecular weight is 309 g/mol. The molecular weight excluding hydrogens is 289 g/mol. The van der Waals surface area contributed by atoms with Crippen LogP contribution in [0, 0.1) is 5.92 Å². The summed E-state index contributed by atoms with van der Waals surface area (Å²) in [6.07, 6.45) is 5.27. The Balaban J connectivity index is 2.07. The number of ether oxygens (including phenoxy) is 1. The van der Waals surface area contributed by atoms with Gasteiger partial charge in [0.1, 0.15) is 6.04 Å². The lowest BCUT2D eigenvalue weighted by Gasteiger charge is -2.15. The Morgan fingerprint density at radius 2 is 2.23 bits per heavy atom.